The second kappa shape index (κ2) is 6.08. The van der Waals surface area contributed by atoms with Gasteiger partial charge in [-0.25, -0.2) is 0 Å². The minimum absolute atomic E-state index is 0.0368. The Morgan fingerprint density at radius 3 is 2.50 bits per heavy atom. The molecule has 1 spiro atoms. The first-order chi connectivity index (χ1) is 11.4. The lowest BCUT2D eigenvalue weighted by Crippen LogP contribution is -2.54. The van der Waals surface area contributed by atoms with Gasteiger partial charge in [-0.15, -0.1) is 0 Å². The lowest BCUT2D eigenvalue weighted by Gasteiger charge is -2.45. The number of cyclic esters (lactones) is 1. The first kappa shape index (κ1) is 16.7. The van der Waals surface area contributed by atoms with E-state index in [-0.39, 0.29) is 5.78 Å². The number of esters is 1. The van der Waals surface area contributed by atoms with E-state index in [0.29, 0.717) is 6.42 Å². The summed E-state index contributed by atoms with van der Waals surface area (Å²) in [6.45, 7) is 3.34. The molecule has 0 N–H and O–H groups in total. The Morgan fingerprint density at radius 2 is 1.83 bits per heavy atom. The van der Waals surface area contributed by atoms with Crippen molar-refractivity contribution >= 4 is 11.8 Å². The molecule has 1 aromatic rings. The maximum atomic E-state index is 13.3. The van der Waals surface area contributed by atoms with Crippen LogP contribution in [0.5, 0.6) is 5.75 Å². The van der Waals surface area contributed by atoms with Gasteiger partial charge in [0.25, 0.3) is 0 Å². The number of allylic oxidation sites excluding steroid dienone is 1. The first-order valence-corrected chi connectivity index (χ1v) is 8.49. The molecule has 1 aliphatic heterocycles. The predicted molar refractivity (Wildman–Crippen MR) is 90.7 cm³/mol. The van der Waals surface area contributed by atoms with Crippen LogP contribution in [0.15, 0.2) is 36.4 Å². The standard InChI is InChI=1S/C20H24O4/c1-19(2)17(21)20(12-6-4-5-7-13-20)16(24-18(19)22)14-8-10-15(23-3)11-9-14/h6,8-12,16H,4-5,7,13H2,1-3H3. The number of ketones is 1. The Balaban J connectivity index is 2.10. The molecule has 128 valence electrons. The van der Waals surface area contributed by atoms with Crippen molar-refractivity contribution < 1.29 is 19.1 Å². The van der Waals surface area contributed by atoms with Crippen molar-refractivity contribution in [2.75, 3.05) is 7.11 Å². The topological polar surface area (TPSA) is 52.6 Å². The van der Waals surface area contributed by atoms with E-state index < -0.39 is 22.9 Å². The molecule has 24 heavy (non-hydrogen) atoms. The molecule has 0 aromatic heterocycles. The van der Waals surface area contributed by atoms with Gasteiger partial charge in [-0.1, -0.05) is 30.7 Å². The maximum absolute atomic E-state index is 13.3. The van der Waals surface area contributed by atoms with Crippen molar-refractivity contribution in [3.05, 3.63) is 42.0 Å². The summed E-state index contributed by atoms with van der Waals surface area (Å²) in [5.41, 5.74) is -1.06. The molecule has 4 nitrogen and oxygen atoms in total. The monoisotopic (exact) mass is 328 g/mol. The molecular formula is C20H24O4. The lowest BCUT2D eigenvalue weighted by molar-refractivity contribution is -0.185. The van der Waals surface area contributed by atoms with E-state index in [1.54, 1.807) is 21.0 Å². The Labute approximate surface area is 142 Å². The molecule has 3 rings (SSSR count). The maximum Gasteiger partial charge on any atom is 0.319 e. The molecule has 0 amide bonds. The molecule has 2 atom stereocenters. The zero-order chi connectivity index (χ0) is 17.4. The number of benzene rings is 1. The van der Waals surface area contributed by atoms with E-state index in [0.717, 1.165) is 30.6 Å². The summed E-state index contributed by atoms with van der Waals surface area (Å²) in [7, 11) is 1.61. The number of ether oxygens (including phenoxy) is 2. The minimum Gasteiger partial charge on any atom is -0.497 e. The van der Waals surface area contributed by atoms with E-state index >= 15 is 0 Å². The van der Waals surface area contributed by atoms with Crippen LogP contribution in [0.4, 0.5) is 0 Å². The third-order valence-electron chi connectivity index (χ3n) is 5.24. The second-order valence-electron chi connectivity index (χ2n) is 7.20. The normalized spacial score (nSPS) is 29.2. The van der Waals surface area contributed by atoms with E-state index in [1.165, 1.54) is 0 Å². The van der Waals surface area contributed by atoms with Crippen LogP contribution in [-0.2, 0) is 14.3 Å². The van der Waals surface area contributed by atoms with Gasteiger partial charge in [0.1, 0.15) is 17.3 Å². The van der Waals surface area contributed by atoms with Gasteiger partial charge in [0, 0.05) is 0 Å². The molecule has 1 fully saturated rings. The van der Waals surface area contributed by atoms with Crippen LogP contribution in [0.2, 0.25) is 0 Å². The molecule has 2 aliphatic rings. The Bertz CT molecular complexity index is 671. The molecule has 1 heterocycles. The molecule has 4 heteroatoms. The summed E-state index contributed by atoms with van der Waals surface area (Å²) in [5.74, 6) is 0.250. The highest BCUT2D eigenvalue weighted by Crippen LogP contribution is 2.52. The summed E-state index contributed by atoms with van der Waals surface area (Å²) >= 11 is 0. The van der Waals surface area contributed by atoms with Gasteiger partial charge in [-0.05, 0) is 50.8 Å². The van der Waals surface area contributed by atoms with Crippen LogP contribution in [0.3, 0.4) is 0 Å². The molecule has 1 aromatic carbocycles. The fourth-order valence-electron chi connectivity index (χ4n) is 3.76. The SMILES string of the molecule is COc1ccc(C2OC(=O)C(C)(C)C(=O)C23C=CCCCC3)cc1. The van der Waals surface area contributed by atoms with Crippen LogP contribution < -0.4 is 4.74 Å². The highest BCUT2D eigenvalue weighted by molar-refractivity contribution is 6.08. The number of carbonyl (C=O) groups is 2. The second-order valence-corrected chi connectivity index (χ2v) is 7.20. The molecule has 1 saturated heterocycles. The number of Topliss-reactive ketones (excluding diaryl/α,β-unsaturated/α-hetero) is 1. The van der Waals surface area contributed by atoms with Crippen LogP contribution >= 0.6 is 0 Å². The van der Waals surface area contributed by atoms with Gasteiger partial charge < -0.3 is 9.47 Å². The van der Waals surface area contributed by atoms with E-state index in [4.69, 9.17) is 9.47 Å². The number of rotatable bonds is 2. The Kier molecular flexibility index (Phi) is 4.24. The van der Waals surface area contributed by atoms with Crippen LogP contribution in [0.25, 0.3) is 0 Å². The zero-order valence-corrected chi connectivity index (χ0v) is 14.5. The van der Waals surface area contributed by atoms with Gasteiger partial charge in [0.05, 0.1) is 12.5 Å². The van der Waals surface area contributed by atoms with Gasteiger partial charge in [-0.2, -0.15) is 0 Å². The lowest BCUT2D eigenvalue weighted by atomic mass is 9.63. The van der Waals surface area contributed by atoms with Crippen LogP contribution in [-0.4, -0.2) is 18.9 Å². The van der Waals surface area contributed by atoms with Crippen LogP contribution in [0.1, 0.15) is 51.2 Å². The molecule has 0 saturated carbocycles. The summed E-state index contributed by atoms with van der Waals surface area (Å²) in [5, 5.41) is 0. The largest absolute Gasteiger partial charge is 0.497 e. The van der Waals surface area contributed by atoms with Crippen molar-refractivity contribution in [1.82, 2.24) is 0 Å². The highest BCUT2D eigenvalue weighted by atomic mass is 16.5. The third-order valence-corrected chi connectivity index (χ3v) is 5.24. The third kappa shape index (κ3) is 2.54. The summed E-state index contributed by atoms with van der Waals surface area (Å²) < 4.78 is 11.0. The van der Waals surface area contributed by atoms with Crippen molar-refractivity contribution in [3.8, 4) is 5.75 Å². The molecule has 0 bridgehead atoms. The Hall–Kier alpha value is -2.10. The number of hydrogen-bond donors (Lipinski definition) is 0. The average Bonchev–Trinajstić information content (AvgIpc) is 2.84. The van der Waals surface area contributed by atoms with E-state index in [9.17, 15) is 9.59 Å². The van der Waals surface area contributed by atoms with Crippen molar-refractivity contribution in [2.45, 2.75) is 45.6 Å². The highest BCUT2D eigenvalue weighted by Gasteiger charge is 2.59. The molecular weight excluding hydrogens is 304 g/mol. The number of hydrogen-bond acceptors (Lipinski definition) is 4. The fraction of sp³-hybridized carbons (Fsp3) is 0.500. The number of methoxy groups -OCH3 is 1. The van der Waals surface area contributed by atoms with Crippen LogP contribution in [0, 0.1) is 10.8 Å². The first-order valence-electron chi connectivity index (χ1n) is 8.49. The fourth-order valence-corrected chi connectivity index (χ4v) is 3.76. The van der Waals surface area contributed by atoms with Gasteiger partial charge >= 0.3 is 5.97 Å². The van der Waals surface area contributed by atoms with Crippen molar-refractivity contribution in [1.29, 1.82) is 0 Å². The predicted octanol–water partition coefficient (Wildman–Crippen LogP) is 4.01. The van der Waals surface area contributed by atoms with Crippen molar-refractivity contribution in [2.24, 2.45) is 10.8 Å². The molecule has 0 radical (unpaired) electrons. The quantitative estimate of drug-likeness (QED) is 0.468. The molecule has 1 aliphatic carbocycles. The average molecular weight is 328 g/mol. The molecule has 2 unspecified atom stereocenters. The van der Waals surface area contributed by atoms with Crippen molar-refractivity contribution in [3.63, 3.8) is 0 Å². The Morgan fingerprint density at radius 1 is 1.12 bits per heavy atom. The van der Waals surface area contributed by atoms with E-state index in [2.05, 4.69) is 6.08 Å². The summed E-state index contributed by atoms with van der Waals surface area (Å²) in [6, 6.07) is 7.43. The summed E-state index contributed by atoms with van der Waals surface area (Å²) in [6.07, 6.45) is 7.14. The number of carbonyl (C=O) groups excluding carboxylic acids is 2. The zero-order valence-electron chi connectivity index (χ0n) is 14.5. The van der Waals surface area contributed by atoms with Gasteiger partial charge in [0.15, 0.2) is 5.78 Å². The minimum atomic E-state index is -1.11. The van der Waals surface area contributed by atoms with E-state index in [1.807, 2.05) is 30.3 Å². The van der Waals surface area contributed by atoms with Gasteiger partial charge in [-0.3, -0.25) is 9.59 Å². The summed E-state index contributed by atoms with van der Waals surface area (Å²) in [4.78, 5) is 25.8. The van der Waals surface area contributed by atoms with Gasteiger partial charge in [0.2, 0.25) is 0 Å². The smallest absolute Gasteiger partial charge is 0.319 e.